The highest BCUT2D eigenvalue weighted by molar-refractivity contribution is 6.31. The van der Waals surface area contributed by atoms with Crippen LogP contribution in [0.1, 0.15) is 27.2 Å². The molecular formula is C16H24ClN3O3. The van der Waals surface area contributed by atoms with Gasteiger partial charge in [0.2, 0.25) is 11.8 Å². The van der Waals surface area contributed by atoms with E-state index >= 15 is 0 Å². The Bertz CT molecular complexity index is 549. The molecule has 0 radical (unpaired) electrons. The van der Waals surface area contributed by atoms with E-state index in [9.17, 15) is 9.59 Å². The molecule has 0 aliphatic heterocycles. The van der Waals surface area contributed by atoms with E-state index in [0.29, 0.717) is 23.1 Å². The Morgan fingerprint density at radius 3 is 2.65 bits per heavy atom. The van der Waals surface area contributed by atoms with E-state index in [1.165, 1.54) is 0 Å². The number of rotatable bonds is 8. The van der Waals surface area contributed by atoms with Crippen LogP contribution in [0, 0.1) is 5.92 Å². The smallest absolute Gasteiger partial charge is 0.243 e. The minimum Gasteiger partial charge on any atom is -0.491 e. The Kier molecular flexibility index (Phi) is 7.85. The fraction of sp³-hybridized carbons (Fsp3) is 0.500. The lowest BCUT2D eigenvalue weighted by Gasteiger charge is -2.16. The minimum absolute atomic E-state index is 0.0000349. The molecule has 0 aromatic heterocycles. The summed E-state index contributed by atoms with van der Waals surface area (Å²) in [6, 6.07) is 4.34. The zero-order chi connectivity index (χ0) is 17.4. The molecule has 0 spiro atoms. The predicted octanol–water partition coefficient (Wildman–Crippen LogP) is 2.17. The summed E-state index contributed by atoms with van der Waals surface area (Å²) in [5.74, 6) is -0.198. The standard InChI is InChI=1S/C16H24ClN3O3/c1-4-7-23-13-6-5-11(17)8-12(13)20-14(21)9-19-16(22)15(18)10(2)3/h5-6,8,10,15H,4,7,9,18H2,1-3H3,(H,19,22)(H,20,21)/t15-/m0/s1. The van der Waals surface area contributed by atoms with Crippen molar-refractivity contribution in [3.8, 4) is 5.75 Å². The first-order valence-electron chi connectivity index (χ1n) is 7.60. The topological polar surface area (TPSA) is 93.5 Å². The van der Waals surface area contributed by atoms with Gasteiger partial charge in [0, 0.05) is 5.02 Å². The first kappa shape index (κ1) is 19.3. The Morgan fingerprint density at radius 1 is 1.35 bits per heavy atom. The van der Waals surface area contributed by atoms with Gasteiger partial charge in [-0.25, -0.2) is 0 Å². The zero-order valence-corrected chi connectivity index (χ0v) is 14.4. The monoisotopic (exact) mass is 341 g/mol. The lowest BCUT2D eigenvalue weighted by atomic mass is 10.1. The van der Waals surface area contributed by atoms with Crippen LogP contribution in [-0.2, 0) is 9.59 Å². The molecule has 0 bridgehead atoms. The number of ether oxygens (including phenoxy) is 1. The summed E-state index contributed by atoms with van der Waals surface area (Å²) in [7, 11) is 0. The van der Waals surface area contributed by atoms with Gasteiger partial charge in [-0.05, 0) is 30.5 Å². The first-order valence-corrected chi connectivity index (χ1v) is 7.98. The largest absolute Gasteiger partial charge is 0.491 e. The Labute approximate surface area is 141 Å². The van der Waals surface area contributed by atoms with Gasteiger partial charge in [-0.2, -0.15) is 0 Å². The number of amides is 2. The maximum atomic E-state index is 12.0. The second-order valence-electron chi connectivity index (χ2n) is 5.52. The van der Waals surface area contributed by atoms with Crippen LogP contribution in [0.3, 0.4) is 0 Å². The molecule has 1 aromatic rings. The van der Waals surface area contributed by atoms with Crippen molar-refractivity contribution >= 4 is 29.1 Å². The van der Waals surface area contributed by atoms with E-state index in [4.69, 9.17) is 22.1 Å². The van der Waals surface area contributed by atoms with Gasteiger partial charge in [-0.15, -0.1) is 0 Å². The van der Waals surface area contributed by atoms with Crippen molar-refractivity contribution in [3.63, 3.8) is 0 Å². The molecule has 0 aliphatic carbocycles. The van der Waals surface area contributed by atoms with Crippen molar-refractivity contribution in [2.24, 2.45) is 11.7 Å². The number of benzene rings is 1. The van der Waals surface area contributed by atoms with Gasteiger partial charge in [-0.3, -0.25) is 9.59 Å². The number of carbonyl (C=O) groups excluding carboxylic acids is 2. The van der Waals surface area contributed by atoms with Gasteiger partial charge in [0.05, 0.1) is 24.9 Å². The summed E-state index contributed by atoms with van der Waals surface area (Å²) in [4.78, 5) is 23.7. The van der Waals surface area contributed by atoms with Crippen LogP contribution in [0.25, 0.3) is 0 Å². The molecule has 7 heteroatoms. The molecule has 4 N–H and O–H groups in total. The van der Waals surface area contributed by atoms with Gasteiger partial charge < -0.3 is 21.1 Å². The number of halogens is 1. The van der Waals surface area contributed by atoms with E-state index in [1.54, 1.807) is 18.2 Å². The third-order valence-corrected chi connectivity index (χ3v) is 3.36. The molecule has 0 saturated carbocycles. The van der Waals surface area contributed by atoms with Crippen molar-refractivity contribution in [2.75, 3.05) is 18.5 Å². The molecule has 0 aliphatic rings. The average molecular weight is 342 g/mol. The van der Waals surface area contributed by atoms with Gasteiger partial charge in [-0.1, -0.05) is 32.4 Å². The Hall–Kier alpha value is -1.79. The van der Waals surface area contributed by atoms with Crippen molar-refractivity contribution in [2.45, 2.75) is 33.2 Å². The maximum Gasteiger partial charge on any atom is 0.243 e. The molecular weight excluding hydrogens is 318 g/mol. The highest BCUT2D eigenvalue weighted by Crippen LogP contribution is 2.28. The summed E-state index contributed by atoms with van der Waals surface area (Å²) in [5, 5.41) is 5.67. The number of nitrogens with two attached hydrogens (primary N) is 1. The van der Waals surface area contributed by atoms with Crippen molar-refractivity contribution < 1.29 is 14.3 Å². The molecule has 1 aromatic carbocycles. The predicted molar refractivity (Wildman–Crippen MR) is 91.7 cm³/mol. The number of anilines is 1. The lowest BCUT2D eigenvalue weighted by molar-refractivity contribution is -0.125. The summed E-state index contributed by atoms with van der Waals surface area (Å²) < 4.78 is 5.56. The van der Waals surface area contributed by atoms with Crippen LogP contribution < -0.4 is 21.1 Å². The third kappa shape index (κ3) is 6.46. The molecule has 0 heterocycles. The molecule has 1 rings (SSSR count). The van der Waals surface area contributed by atoms with E-state index in [1.807, 2.05) is 20.8 Å². The van der Waals surface area contributed by atoms with E-state index in [0.717, 1.165) is 6.42 Å². The van der Waals surface area contributed by atoms with Crippen molar-refractivity contribution in [1.82, 2.24) is 5.32 Å². The molecule has 1 atom stereocenters. The molecule has 0 saturated heterocycles. The third-order valence-electron chi connectivity index (χ3n) is 3.12. The molecule has 23 heavy (non-hydrogen) atoms. The maximum absolute atomic E-state index is 12.0. The second-order valence-corrected chi connectivity index (χ2v) is 5.96. The zero-order valence-electron chi connectivity index (χ0n) is 13.7. The van der Waals surface area contributed by atoms with E-state index < -0.39 is 6.04 Å². The van der Waals surface area contributed by atoms with Crippen molar-refractivity contribution in [1.29, 1.82) is 0 Å². The fourth-order valence-electron chi connectivity index (χ4n) is 1.72. The van der Waals surface area contributed by atoms with Crippen LogP contribution >= 0.6 is 11.6 Å². The molecule has 128 valence electrons. The number of hydrogen-bond acceptors (Lipinski definition) is 4. The lowest BCUT2D eigenvalue weighted by Crippen LogP contribution is -2.46. The molecule has 0 unspecified atom stereocenters. The van der Waals surface area contributed by atoms with Gasteiger partial charge in [0.15, 0.2) is 0 Å². The first-order chi connectivity index (χ1) is 10.8. The van der Waals surface area contributed by atoms with Gasteiger partial charge in [0.1, 0.15) is 5.75 Å². The van der Waals surface area contributed by atoms with Crippen LogP contribution in [0.15, 0.2) is 18.2 Å². The summed E-state index contributed by atoms with van der Waals surface area (Å²) in [6.45, 7) is 6.03. The molecule has 2 amide bonds. The van der Waals surface area contributed by atoms with Crippen molar-refractivity contribution in [3.05, 3.63) is 23.2 Å². The summed E-state index contributed by atoms with van der Waals surface area (Å²) in [6.07, 6.45) is 0.846. The fourth-order valence-corrected chi connectivity index (χ4v) is 1.89. The number of nitrogens with one attached hydrogen (secondary N) is 2. The summed E-state index contributed by atoms with van der Waals surface area (Å²) >= 11 is 5.95. The second kappa shape index (κ2) is 9.37. The Morgan fingerprint density at radius 2 is 2.04 bits per heavy atom. The van der Waals surface area contributed by atoms with Crippen LogP contribution in [0.5, 0.6) is 5.75 Å². The van der Waals surface area contributed by atoms with Crippen LogP contribution in [0.4, 0.5) is 5.69 Å². The highest BCUT2D eigenvalue weighted by atomic mass is 35.5. The van der Waals surface area contributed by atoms with E-state index in [2.05, 4.69) is 10.6 Å². The minimum atomic E-state index is -0.641. The average Bonchev–Trinajstić information content (AvgIpc) is 2.51. The number of carbonyl (C=O) groups is 2. The SMILES string of the molecule is CCCOc1ccc(Cl)cc1NC(=O)CNC(=O)[C@@H](N)C(C)C. The van der Waals surface area contributed by atoms with Gasteiger partial charge in [0.25, 0.3) is 0 Å². The van der Waals surface area contributed by atoms with E-state index in [-0.39, 0.29) is 24.3 Å². The Balaban J connectivity index is 2.63. The van der Waals surface area contributed by atoms with Crippen LogP contribution in [0.2, 0.25) is 5.02 Å². The highest BCUT2D eigenvalue weighted by Gasteiger charge is 2.18. The normalized spacial score (nSPS) is 11.9. The number of hydrogen-bond donors (Lipinski definition) is 3. The van der Waals surface area contributed by atoms with Crippen LogP contribution in [-0.4, -0.2) is 31.0 Å². The molecule has 0 fully saturated rings. The van der Waals surface area contributed by atoms with Gasteiger partial charge >= 0.3 is 0 Å². The summed E-state index contributed by atoms with van der Waals surface area (Å²) in [5.41, 5.74) is 6.19. The quantitative estimate of drug-likeness (QED) is 0.675. The molecule has 6 nitrogen and oxygen atoms in total.